The minimum atomic E-state index is -0.0242. The molecular formula is C21H27N7O2. The topological polar surface area (TPSA) is 92.3 Å². The molecule has 9 nitrogen and oxygen atoms in total. The van der Waals surface area contributed by atoms with Crippen LogP contribution in [0.25, 0.3) is 11.4 Å². The second-order valence-electron chi connectivity index (χ2n) is 7.65. The highest BCUT2D eigenvalue weighted by Crippen LogP contribution is 2.23. The zero-order chi connectivity index (χ0) is 21.1. The second-order valence-corrected chi connectivity index (χ2v) is 7.65. The molecule has 1 amide bonds. The maximum atomic E-state index is 12.4. The van der Waals surface area contributed by atoms with Gasteiger partial charge in [-0.15, -0.1) is 0 Å². The van der Waals surface area contributed by atoms with Crippen molar-refractivity contribution in [1.29, 1.82) is 0 Å². The van der Waals surface area contributed by atoms with Gasteiger partial charge in [0.1, 0.15) is 5.82 Å². The molecule has 1 atom stereocenters. The standard InChI is InChI=1S/C21H27N7O2/c1-15-13-18(26(3)24-15)22-19(29)14-27-9-11-28(12-10-27)16(2)21-23-20(25-30-21)17-7-5-4-6-8-17/h4-8,13,16H,9-12,14H2,1-3H3,(H,22,29). The van der Waals surface area contributed by atoms with Gasteiger partial charge >= 0.3 is 0 Å². The van der Waals surface area contributed by atoms with Gasteiger partial charge in [0.2, 0.25) is 17.6 Å². The quantitative estimate of drug-likeness (QED) is 0.666. The van der Waals surface area contributed by atoms with Crippen LogP contribution in [-0.2, 0) is 11.8 Å². The number of rotatable bonds is 6. The lowest BCUT2D eigenvalue weighted by atomic mass is 10.2. The summed E-state index contributed by atoms with van der Waals surface area (Å²) in [6.07, 6.45) is 0. The maximum Gasteiger partial charge on any atom is 0.244 e. The number of nitrogens with zero attached hydrogens (tertiary/aromatic N) is 6. The molecule has 158 valence electrons. The molecule has 1 aliphatic heterocycles. The van der Waals surface area contributed by atoms with Gasteiger partial charge in [0.05, 0.1) is 18.3 Å². The number of anilines is 1. The highest BCUT2D eigenvalue weighted by atomic mass is 16.5. The summed E-state index contributed by atoms with van der Waals surface area (Å²) in [6.45, 7) is 7.64. The van der Waals surface area contributed by atoms with E-state index < -0.39 is 0 Å². The minimum absolute atomic E-state index is 0.0242. The summed E-state index contributed by atoms with van der Waals surface area (Å²) in [5, 5.41) is 11.3. The van der Waals surface area contributed by atoms with Gasteiger partial charge in [0.15, 0.2) is 0 Å². The fraction of sp³-hybridized carbons (Fsp3) is 0.429. The average Bonchev–Trinajstić information content (AvgIpc) is 3.35. The zero-order valence-corrected chi connectivity index (χ0v) is 17.6. The van der Waals surface area contributed by atoms with E-state index in [9.17, 15) is 4.79 Å². The molecule has 0 radical (unpaired) electrons. The smallest absolute Gasteiger partial charge is 0.244 e. The van der Waals surface area contributed by atoms with E-state index >= 15 is 0 Å². The van der Waals surface area contributed by atoms with E-state index in [1.165, 1.54) is 0 Å². The highest BCUT2D eigenvalue weighted by molar-refractivity contribution is 5.91. The van der Waals surface area contributed by atoms with E-state index in [-0.39, 0.29) is 11.9 Å². The second kappa shape index (κ2) is 8.76. The molecule has 1 saturated heterocycles. The van der Waals surface area contributed by atoms with Crippen molar-refractivity contribution in [2.45, 2.75) is 19.9 Å². The molecule has 30 heavy (non-hydrogen) atoms. The first-order valence-corrected chi connectivity index (χ1v) is 10.2. The Balaban J connectivity index is 1.28. The van der Waals surface area contributed by atoms with Crippen LogP contribution in [-0.4, -0.2) is 68.4 Å². The first kappa shape index (κ1) is 20.2. The normalized spacial score (nSPS) is 16.5. The molecule has 4 rings (SSSR count). The van der Waals surface area contributed by atoms with Crippen LogP contribution in [0.3, 0.4) is 0 Å². The highest BCUT2D eigenvalue weighted by Gasteiger charge is 2.26. The maximum absolute atomic E-state index is 12.4. The number of carbonyl (C=O) groups is 1. The lowest BCUT2D eigenvalue weighted by Gasteiger charge is -2.36. The number of nitrogens with one attached hydrogen (secondary N) is 1. The fourth-order valence-corrected chi connectivity index (χ4v) is 3.69. The third-order valence-electron chi connectivity index (χ3n) is 5.42. The molecule has 2 aromatic heterocycles. The van der Waals surface area contributed by atoms with Gasteiger partial charge in [-0.05, 0) is 13.8 Å². The minimum Gasteiger partial charge on any atom is -0.337 e. The summed E-state index contributed by atoms with van der Waals surface area (Å²) in [7, 11) is 1.82. The molecule has 3 aromatic rings. The Labute approximate surface area is 175 Å². The van der Waals surface area contributed by atoms with Gasteiger partial charge < -0.3 is 9.84 Å². The summed E-state index contributed by atoms with van der Waals surface area (Å²) in [4.78, 5) is 21.4. The van der Waals surface area contributed by atoms with E-state index in [4.69, 9.17) is 4.52 Å². The van der Waals surface area contributed by atoms with Gasteiger partial charge in [-0.1, -0.05) is 35.5 Å². The van der Waals surface area contributed by atoms with Crippen LogP contribution in [0, 0.1) is 6.92 Å². The Bertz CT molecular complexity index is 990. The summed E-state index contributed by atoms with van der Waals surface area (Å²) in [6, 6.07) is 11.7. The SMILES string of the molecule is Cc1cc(NC(=O)CN2CCN(C(C)c3nc(-c4ccccc4)no3)CC2)n(C)n1. The first-order chi connectivity index (χ1) is 14.5. The van der Waals surface area contributed by atoms with Gasteiger partial charge in [-0.3, -0.25) is 19.3 Å². The van der Waals surface area contributed by atoms with Crippen molar-refractivity contribution >= 4 is 11.7 Å². The lowest BCUT2D eigenvalue weighted by molar-refractivity contribution is -0.117. The Hall–Kier alpha value is -3.04. The molecule has 1 N–H and O–H groups in total. The molecule has 0 bridgehead atoms. The van der Waals surface area contributed by atoms with E-state index in [1.807, 2.05) is 50.4 Å². The summed E-state index contributed by atoms with van der Waals surface area (Å²) in [5.74, 6) is 1.92. The van der Waals surface area contributed by atoms with Crippen molar-refractivity contribution in [2.75, 3.05) is 38.0 Å². The van der Waals surface area contributed by atoms with Gasteiger partial charge in [-0.2, -0.15) is 10.1 Å². The number of benzene rings is 1. The number of hydrogen-bond donors (Lipinski definition) is 1. The van der Waals surface area contributed by atoms with Crippen LogP contribution in [0.2, 0.25) is 0 Å². The Morgan fingerprint density at radius 3 is 2.60 bits per heavy atom. The van der Waals surface area contributed by atoms with Crippen molar-refractivity contribution in [1.82, 2.24) is 29.7 Å². The van der Waals surface area contributed by atoms with E-state index in [1.54, 1.807) is 4.68 Å². The van der Waals surface area contributed by atoms with Crippen molar-refractivity contribution in [3.8, 4) is 11.4 Å². The molecule has 1 aromatic carbocycles. The van der Waals surface area contributed by atoms with Crippen molar-refractivity contribution in [2.24, 2.45) is 7.05 Å². The number of aryl methyl sites for hydroxylation is 2. The van der Waals surface area contributed by atoms with Gasteiger partial charge in [0.25, 0.3) is 0 Å². The number of amides is 1. The van der Waals surface area contributed by atoms with Crippen LogP contribution < -0.4 is 5.32 Å². The predicted octanol–water partition coefficient (Wildman–Crippen LogP) is 2.10. The first-order valence-electron chi connectivity index (χ1n) is 10.2. The Morgan fingerprint density at radius 1 is 1.20 bits per heavy atom. The lowest BCUT2D eigenvalue weighted by Crippen LogP contribution is -2.49. The Kier molecular flexibility index (Phi) is 5.91. The summed E-state index contributed by atoms with van der Waals surface area (Å²) < 4.78 is 7.20. The fourth-order valence-electron chi connectivity index (χ4n) is 3.69. The summed E-state index contributed by atoms with van der Waals surface area (Å²) in [5.41, 5.74) is 1.82. The molecule has 1 aliphatic rings. The number of piperazine rings is 1. The van der Waals surface area contributed by atoms with E-state index in [2.05, 4.69) is 37.3 Å². The molecule has 9 heteroatoms. The monoisotopic (exact) mass is 409 g/mol. The van der Waals surface area contributed by atoms with Crippen molar-refractivity contribution in [3.05, 3.63) is 48.0 Å². The van der Waals surface area contributed by atoms with Crippen LogP contribution >= 0.6 is 0 Å². The van der Waals surface area contributed by atoms with Crippen molar-refractivity contribution in [3.63, 3.8) is 0 Å². The number of carbonyl (C=O) groups excluding carboxylic acids is 1. The third kappa shape index (κ3) is 4.58. The van der Waals surface area contributed by atoms with Crippen LogP contribution in [0.1, 0.15) is 24.6 Å². The molecule has 3 heterocycles. The van der Waals surface area contributed by atoms with Crippen LogP contribution in [0.4, 0.5) is 5.82 Å². The molecule has 1 unspecified atom stereocenters. The largest absolute Gasteiger partial charge is 0.337 e. The molecule has 1 fully saturated rings. The third-order valence-corrected chi connectivity index (χ3v) is 5.42. The average molecular weight is 409 g/mol. The van der Waals surface area contributed by atoms with Crippen molar-refractivity contribution < 1.29 is 9.32 Å². The van der Waals surface area contributed by atoms with E-state index in [0.29, 0.717) is 18.3 Å². The van der Waals surface area contributed by atoms with Crippen LogP contribution in [0.15, 0.2) is 40.9 Å². The number of hydrogen-bond acceptors (Lipinski definition) is 7. The van der Waals surface area contributed by atoms with Gasteiger partial charge in [-0.25, -0.2) is 0 Å². The molecule has 0 spiro atoms. The predicted molar refractivity (Wildman–Crippen MR) is 113 cm³/mol. The summed E-state index contributed by atoms with van der Waals surface area (Å²) >= 11 is 0. The molecule has 0 saturated carbocycles. The molecular weight excluding hydrogens is 382 g/mol. The van der Waals surface area contributed by atoms with Crippen LogP contribution in [0.5, 0.6) is 0 Å². The van der Waals surface area contributed by atoms with Gasteiger partial charge in [0, 0.05) is 44.9 Å². The van der Waals surface area contributed by atoms with E-state index in [0.717, 1.165) is 43.3 Å². The zero-order valence-electron chi connectivity index (χ0n) is 17.6. The number of aromatic nitrogens is 4. The molecule has 0 aliphatic carbocycles. The Morgan fingerprint density at radius 2 is 1.93 bits per heavy atom.